The van der Waals surface area contributed by atoms with Gasteiger partial charge in [0.15, 0.2) is 0 Å². The lowest BCUT2D eigenvalue weighted by Crippen LogP contribution is -2.46. The van der Waals surface area contributed by atoms with Crippen molar-refractivity contribution in [1.29, 1.82) is 0 Å². The average Bonchev–Trinajstić information content (AvgIpc) is 2.52. The normalized spacial score (nSPS) is 13.0. The summed E-state index contributed by atoms with van der Waals surface area (Å²) in [5.74, 6) is -0.423. The third-order valence-corrected chi connectivity index (χ3v) is 3.34. The second kappa shape index (κ2) is 9.82. The van der Waals surface area contributed by atoms with E-state index in [9.17, 15) is 9.59 Å². The average molecular weight is 307 g/mol. The second-order valence-electron chi connectivity index (χ2n) is 5.20. The zero-order valence-corrected chi connectivity index (χ0v) is 13.5. The van der Waals surface area contributed by atoms with Crippen LogP contribution >= 0.6 is 0 Å². The highest BCUT2D eigenvalue weighted by Gasteiger charge is 2.28. The van der Waals surface area contributed by atoms with Crippen molar-refractivity contribution in [3.05, 3.63) is 35.9 Å². The van der Waals surface area contributed by atoms with Crippen molar-refractivity contribution in [2.45, 2.75) is 46.3 Å². The molecule has 22 heavy (non-hydrogen) atoms. The molecule has 0 spiro atoms. The van der Waals surface area contributed by atoms with Crippen molar-refractivity contribution in [3.63, 3.8) is 0 Å². The molecular formula is C17H25NO4. The van der Waals surface area contributed by atoms with Gasteiger partial charge in [-0.1, -0.05) is 50.6 Å². The van der Waals surface area contributed by atoms with E-state index in [-0.39, 0.29) is 19.1 Å². The number of esters is 1. The van der Waals surface area contributed by atoms with E-state index in [4.69, 9.17) is 9.47 Å². The molecule has 2 atom stereocenters. The molecule has 0 saturated carbocycles. The molecule has 1 N–H and O–H groups in total. The van der Waals surface area contributed by atoms with Gasteiger partial charge in [-0.25, -0.2) is 9.59 Å². The van der Waals surface area contributed by atoms with E-state index < -0.39 is 18.1 Å². The van der Waals surface area contributed by atoms with E-state index in [1.54, 1.807) is 6.92 Å². The van der Waals surface area contributed by atoms with Crippen LogP contribution in [-0.4, -0.2) is 24.7 Å². The lowest BCUT2D eigenvalue weighted by Gasteiger charge is -2.22. The van der Waals surface area contributed by atoms with E-state index in [1.165, 1.54) is 0 Å². The standard InChI is InChI=1S/C17H25NO4/c1-4-9-13(3)15(16(19)21-5-2)18-17(20)22-12-14-10-7-6-8-11-14/h6-8,10-11,13,15H,4-5,9,12H2,1-3H3,(H,18,20). The van der Waals surface area contributed by atoms with Crippen LogP contribution < -0.4 is 5.32 Å². The lowest BCUT2D eigenvalue weighted by atomic mass is 9.97. The molecule has 0 aliphatic heterocycles. The molecule has 0 radical (unpaired) electrons. The smallest absolute Gasteiger partial charge is 0.408 e. The molecule has 0 bridgehead atoms. The van der Waals surface area contributed by atoms with Crippen LogP contribution in [0.3, 0.4) is 0 Å². The minimum atomic E-state index is -0.678. The zero-order chi connectivity index (χ0) is 16.4. The summed E-state index contributed by atoms with van der Waals surface area (Å²) >= 11 is 0. The third-order valence-electron chi connectivity index (χ3n) is 3.34. The number of amides is 1. The minimum absolute atomic E-state index is 0.00618. The van der Waals surface area contributed by atoms with Gasteiger partial charge in [0.25, 0.3) is 0 Å². The molecule has 1 aromatic rings. The Balaban J connectivity index is 2.56. The zero-order valence-electron chi connectivity index (χ0n) is 13.5. The number of hydrogen-bond donors (Lipinski definition) is 1. The van der Waals surface area contributed by atoms with Crippen LogP contribution in [0.1, 0.15) is 39.2 Å². The molecule has 0 aliphatic rings. The molecule has 1 rings (SSSR count). The fourth-order valence-corrected chi connectivity index (χ4v) is 2.18. The molecule has 1 aromatic carbocycles. The van der Waals surface area contributed by atoms with Gasteiger partial charge >= 0.3 is 12.1 Å². The van der Waals surface area contributed by atoms with E-state index in [0.717, 1.165) is 18.4 Å². The van der Waals surface area contributed by atoms with Crippen LogP contribution in [0.5, 0.6) is 0 Å². The Morgan fingerprint density at radius 3 is 2.41 bits per heavy atom. The first-order valence-electron chi connectivity index (χ1n) is 7.72. The summed E-state index contributed by atoms with van der Waals surface area (Å²) in [7, 11) is 0. The number of nitrogens with one attached hydrogen (secondary N) is 1. The first-order chi connectivity index (χ1) is 10.6. The third kappa shape index (κ3) is 6.16. The van der Waals surface area contributed by atoms with Crippen LogP contribution in [-0.2, 0) is 20.9 Å². The number of benzene rings is 1. The Morgan fingerprint density at radius 2 is 1.82 bits per heavy atom. The minimum Gasteiger partial charge on any atom is -0.464 e. The van der Waals surface area contributed by atoms with Crippen molar-refractivity contribution in [2.24, 2.45) is 5.92 Å². The Hall–Kier alpha value is -2.04. The SMILES string of the molecule is CCCC(C)C(NC(=O)OCc1ccccc1)C(=O)OCC. The fraction of sp³-hybridized carbons (Fsp3) is 0.529. The summed E-state index contributed by atoms with van der Waals surface area (Å²) < 4.78 is 10.2. The summed E-state index contributed by atoms with van der Waals surface area (Å²) in [5, 5.41) is 2.62. The maximum Gasteiger partial charge on any atom is 0.408 e. The highest BCUT2D eigenvalue weighted by molar-refractivity contribution is 5.81. The Morgan fingerprint density at radius 1 is 1.14 bits per heavy atom. The summed E-state index contributed by atoms with van der Waals surface area (Å²) in [6.07, 6.45) is 1.14. The van der Waals surface area contributed by atoms with Gasteiger partial charge in [0, 0.05) is 0 Å². The van der Waals surface area contributed by atoms with Gasteiger partial charge in [-0.05, 0) is 24.8 Å². The summed E-state index contributed by atoms with van der Waals surface area (Å²) in [6, 6.07) is 8.71. The lowest BCUT2D eigenvalue weighted by molar-refractivity contribution is -0.147. The van der Waals surface area contributed by atoms with Gasteiger partial charge in [-0.15, -0.1) is 0 Å². The van der Waals surface area contributed by atoms with Crippen LogP contribution in [0.25, 0.3) is 0 Å². The molecular weight excluding hydrogens is 282 g/mol. The van der Waals surface area contributed by atoms with E-state index in [1.807, 2.05) is 44.2 Å². The summed E-state index contributed by atoms with van der Waals surface area (Å²) in [5.41, 5.74) is 0.895. The van der Waals surface area contributed by atoms with Gasteiger partial charge in [0.05, 0.1) is 6.61 Å². The van der Waals surface area contributed by atoms with Crippen molar-refractivity contribution in [2.75, 3.05) is 6.61 Å². The van der Waals surface area contributed by atoms with Crippen LogP contribution in [0.2, 0.25) is 0 Å². The number of alkyl carbamates (subject to hydrolysis) is 1. The van der Waals surface area contributed by atoms with Gasteiger partial charge in [0.2, 0.25) is 0 Å². The number of rotatable bonds is 8. The quantitative estimate of drug-likeness (QED) is 0.749. The highest BCUT2D eigenvalue weighted by Crippen LogP contribution is 2.13. The molecule has 5 nitrogen and oxygen atoms in total. The van der Waals surface area contributed by atoms with Gasteiger partial charge < -0.3 is 14.8 Å². The second-order valence-corrected chi connectivity index (χ2v) is 5.20. The largest absolute Gasteiger partial charge is 0.464 e. The molecule has 0 saturated heterocycles. The molecule has 0 aliphatic carbocycles. The highest BCUT2D eigenvalue weighted by atomic mass is 16.6. The number of carbonyl (C=O) groups is 2. The fourth-order valence-electron chi connectivity index (χ4n) is 2.18. The molecule has 0 heterocycles. The summed E-state index contributed by atoms with van der Waals surface area (Å²) in [6.45, 7) is 6.15. The maximum absolute atomic E-state index is 12.0. The molecule has 2 unspecified atom stereocenters. The van der Waals surface area contributed by atoms with Crippen molar-refractivity contribution < 1.29 is 19.1 Å². The van der Waals surface area contributed by atoms with E-state index >= 15 is 0 Å². The summed E-state index contributed by atoms with van der Waals surface area (Å²) in [4.78, 5) is 23.9. The monoisotopic (exact) mass is 307 g/mol. The van der Waals surface area contributed by atoms with Gasteiger partial charge in [-0.2, -0.15) is 0 Å². The Kier molecular flexibility index (Phi) is 8.04. The molecule has 5 heteroatoms. The van der Waals surface area contributed by atoms with Crippen LogP contribution in [0, 0.1) is 5.92 Å². The number of carbonyl (C=O) groups excluding carboxylic acids is 2. The predicted molar refractivity (Wildman–Crippen MR) is 84.3 cm³/mol. The van der Waals surface area contributed by atoms with Gasteiger partial charge in [-0.3, -0.25) is 0 Å². The molecule has 0 aromatic heterocycles. The molecule has 122 valence electrons. The van der Waals surface area contributed by atoms with Crippen molar-refractivity contribution in [1.82, 2.24) is 5.32 Å². The topological polar surface area (TPSA) is 64.6 Å². The molecule has 0 fully saturated rings. The van der Waals surface area contributed by atoms with E-state index in [0.29, 0.717) is 0 Å². The van der Waals surface area contributed by atoms with Crippen molar-refractivity contribution in [3.8, 4) is 0 Å². The molecule has 1 amide bonds. The number of ether oxygens (including phenoxy) is 2. The van der Waals surface area contributed by atoms with E-state index in [2.05, 4.69) is 5.32 Å². The first kappa shape index (κ1) is 18.0. The first-order valence-corrected chi connectivity index (χ1v) is 7.72. The Labute approximate surface area is 132 Å². The predicted octanol–water partition coefficient (Wildman–Crippen LogP) is 3.28. The number of hydrogen-bond acceptors (Lipinski definition) is 4. The van der Waals surface area contributed by atoms with Crippen molar-refractivity contribution >= 4 is 12.1 Å². The van der Waals surface area contributed by atoms with Crippen LogP contribution in [0.4, 0.5) is 4.79 Å². The maximum atomic E-state index is 12.0. The van der Waals surface area contributed by atoms with Crippen LogP contribution in [0.15, 0.2) is 30.3 Å². The van der Waals surface area contributed by atoms with Gasteiger partial charge in [0.1, 0.15) is 12.6 Å². The Bertz CT molecular complexity index is 461.